The molecule has 4 N–H and O–H groups in total. The monoisotopic (exact) mass is 258 g/mol. The van der Waals surface area contributed by atoms with Gasteiger partial charge in [0.25, 0.3) is 11.3 Å². The second-order valence-electron chi connectivity index (χ2n) is 4.13. The molecule has 0 bridgehead atoms. The number of H-pyrrole nitrogens is 1. The van der Waals surface area contributed by atoms with Gasteiger partial charge in [-0.25, -0.2) is 14.5 Å². The lowest BCUT2D eigenvalue weighted by Gasteiger charge is -1.99. The van der Waals surface area contributed by atoms with Crippen LogP contribution in [-0.2, 0) is 0 Å². The van der Waals surface area contributed by atoms with E-state index in [-0.39, 0.29) is 17.3 Å². The summed E-state index contributed by atoms with van der Waals surface area (Å²) in [4.78, 5) is 20.1. The first-order chi connectivity index (χ1) is 9.10. The molecule has 0 fully saturated rings. The second kappa shape index (κ2) is 3.80. The predicted molar refractivity (Wildman–Crippen MR) is 68.4 cm³/mol. The molecule has 0 spiro atoms. The number of nitrogens with two attached hydrogens (primary N) is 1. The minimum atomic E-state index is -0.552. The number of benzene rings is 1. The van der Waals surface area contributed by atoms with Gasteiger partial charge < -0.3 is 10.9 Å². The van der Waals surface area contributed by atoms with E-state index in [0.717, 1.165) is 11.1 Å². The molecule has 0 saturated carbocycles. The Morgan fingerprint density at radius 3 is 3.00 bits per heavy atom. The molecule has 1 aromatic carbocycles. The van der Waals surface area contributed by atoms with E-state index in [4.69, 9.17) is 10.9 Å². The zero-order valence-electron chi connectivity index (χ0n) is 9.95. The van der Waals surface area contributed by atoms with E-state index in [1.165, 1.54) is 4.52 Å². The maximum Gasteiger partial charge on any atom is 0.292 e. The maximum absolute atomic E-state index is 11.8. The summed E-state index contributed by atoms with van der Waals surface area (Å²) in [6.45, 7) is 1.94. The van der Waals surface area contributed by atoms with Crippen molar-refractivity contribution in [3.05, 3.63) is 39.8 Å². The van der Waals surface area contributed by atoms with Gasteiger partial charge in [0.15, 0.2) is 11.5 Å². The average molecular weight is 258 g/mol. The number of rotatable bonds is 1. The lowest BCUT2D eigenvalue weighted by atomic mass is 10.2. The Morgan fingerprint density at radius 1 is 1.47 bits per heavy atom. The van der Waals surface area contributed by atoms with Gasteiger partial charge in [0.05, 0.1) is 11.0 Å². The van der Waals surface area contributed by atoms with Gasteiger partial charge in [-0.3, -0.25) is 9.89 Å². The molecule has 0 aliphatic rings. The molecule has 19 heavy (non-hydrogen) atoms. The normalized spacial score (nSPS) is 12.4. The van der Waals surface area contributed by atoms with Gasteiger partial charge in [-0.2, -0.15) is 0 Å². The van der Waals surface area contributed by atoms with E-state index in [2.05, 4.69) is 20.2 Å². The van der Waals surface area contributed by atoms with Crippen LogP contribution in [0, 0.1) is 6.92 Å². The summed E-state index contributed by atoms with van der Waals surface area (Å²) in [5, 5.41) is 14.0. The van der Waals surface area contributed by atoms with Crippen LogP contribution in [0.5, 0.6) is 0 Å². The first kappa shape index (κ1) is 11.2. The van der Waals surface area contributed by atoms with Crippen LogP contribution in [0.15, 0.2) is 28.1 Å². The summed E-state index contributed by atoms with van der Waals surface area (Å²) >= 11 is 0. The van der Waals surface area contributed by atoms with E-state index in [9.17, 15) is 4.79 Å². The van der Waals surface area contributed by atoms with E-state index in [1.807, 2.05) is 25.1 Å². The lowest BCUT2D eigenvalue weighted by Crippen LogP contribution is -2.28. The number of fused-ring (bicyclic) bond motifs is 3. The van der Waals surface area contributed by atoms with Crippen molar-refractivity contribution in [2.75, 3.05) is 0 Å². The third-order valence-electron chi connectivity index (χ3n) is 2.78. The number of imidazole rings is 1. The molecule has 8 nitrogen and oxygen atoms in total. The minimum Gasteiger partial charge on any atom is -0.409 e. The summed E-state index contributed by atoms with van der Waals surface area (Å²) in [7, 11) is 0. The van der Waals surface area contributed by atoms with Gasteiger partial charge in [-0.15, -0.1) is 0 Å². The second-order valence-corrected chi connectivity index (χ2v) is 4.13. The number of oxime groups is 1. The van der Waals surface area contributed by atoms with Crippen molar-refractivity contribution in [3.8, 4) is 0 Å². The minimum absolute atomic E-state index is 0.165. The van der Waals surface area contributed by atoms with Crippen molar-refractivity contribution in [1.82, 2.24) is 19.6 Å². The summed E-state index contributed by atoms with van der Waals surface area (Å²) in [5.41, 5.74) is 7.15. The zero-order valence-corrected chi connectivity index (χ0v) is 9.95. The molecule has 0 unspecified atom stereocenters. The molecular weight excluding hydrogens is 248 g/mol. The molecule has 8 heteroatoms. The standard InChI is InChI=1S/C11H10N6O2/c1-5-2-3-6-7(4-5)17-11(13-6)14-8(9(12)16-19)10(18)15-17/h2-4,19H,1H3,(H2,12,16)(H,15,18). The Labute approximate surface area is 106 Å². The summed E-state index contributed by atoms with van der Waals surface area (Å²) in [6, 6.07) is 5.63. The number of nitrogens with one attached hydrogen (secondary N) is 1. The Morgan fingerprint density at radius 2 is 2.26 bits per heavy atom. The highest BCUT2D eigenvalue weighted by molar-refractivity contribution is 5.95. The fraction of sp³-hybridized carbons (Fsp3) is 0.0909. The van der Waals surface area contributed by atoms with Crippen LogP contribution < -0.4 is 11.3 Å². The van der Waals surface area contributed by atoms with Crippen LogP contribution in [0.25, 0.3) is 16.8 Å². The highest BCUT2D eigenvalue weighted by Gasteiger charge is 2.13. The molecule has 96 valence electrons. The van der Waals surface area contributed by atoms with Crippen LogP contribution in [-0.4, -0.2) is 30.6 Å². The highest BCUT2D eigenvalue weighted by Crippen LogP contribution is 2.15. The molecule has 0 atom stereocenters. The van der Waals surface area contributed by atoms with Gasteiger partial charge >= 0.3 is 0 Å². The van der Waals surface area contributed by atoms with Gasteiger partial charge in [0, 0.05) is 0 Å². The van der Waals surface area contributed by atoms with Crippen LogP contribution in [0.2, 0.25) is 0 Å². The van der Waals surface area contributed by atoms with E-state index < -0.39 is 5.56 Å². The van der Waals surface area contributed by atoms with Gasteiger partial charge in [0.1, 0.15) is 0 Å². The first-order valence-corrected chi connectivity index (χ1v) is 5.47. The lowest BCUT2D eigenvalue weighted by molar-refractivity contribution is 0.318. The molecule has 0 radical (unpaired) electrons. The van der Waals surface area contributed by atoms with Gasteiger partial charge in [-0.05, 0) is 24.6 Å². The number of aromatic nitrogens is 4. The number of aromatic amines is 1. The average Bonchev–Trinajstić information content (AvgIpc) is 2.74. The largest absolute Gasteiger partial charge is 0.409 e. The summed E-state index contributed by atoms with van der Waals surface area (Å²) in [5.74, 6) is -0.0752. The van der Waals surface area contributed by atoms with Gasteiger partial charge in [-0.1, -0.05) is 11.2 Å². The van der Waals surface area contributed by atoms with Crippen LogP contribution >= 0.6 is 0 Å². The van der Waals surface area contributed by atoms with Crippen molar-refractivity contribution < 1.29 is 5.21 Å². The van der Waals surface area contributed by atoms with Crippen molar-refractivity contribution >= 4 is 22.6 Å². The van der Waals surface area contributed by atoms with E-state index in [1.54, 1.807) is 0 Å². The summed E-state index contributed by atoms with van der Waals surface area (Å²) in [6.07, 6.45) is 0. The van der Waals surface area contributed by atoms with Crippen molar-refractivity contribution in [3.63, 3.8) is 0 Å². The van der Waals surface area contributed by atoms with Crippen molar-refractivity contribution in [2.24, 2.45) is 10.9 Å². The third kappa shape index (κ3) is 1.61. The number of hydrogen-bond donors (Lipinski definition) is 3. The van der Waals surface area contributed by atoms with Crippen molar-refractivity contribution in [1.29, 1.82) is 0 Å². The fourth-order valence-corrected chi connectivity index (χ4v) is 1.88. The Bertz CT molecular complexity index is 876. The fourth-order valence-electron chi connectivity index (χ4n) is 1.88. The van der Waals surface area contributed by atoms with E-state index in [0.29, 0.717) is 5.52 Å². The SMILES string of the molecule is Cc1ccc2nc3nc(/C(N)=N/O)c(=O)[nH]n3c2c1. The molecule has 2 heterocycles. The Hall–Kier alpha value is -2.90. The molecule has 0 aliphatic heterocycles. The van der Waals surface area contributed by atoms with Crippen LogP contribution in [0.4, 0.5) is 0 Å². The smallest absolute Gasteiger partial charge is 0.292 e. The predicted octanol–water partition coefficient (Wildman–Crippen LogP) is -0.0263. The number of nitrogens with zero attached hydrogens (tertiary/aromatic N) is 4. The molecule has 3 aromatic rings. The molecule has 0 amide bonds. The highest BCUT2D eigenvalue weighted by atomic mass is 16.4. The summed E-state index contributed by atoms with van der Waals surface area (Å²) < 4.78 is 1.47. The molecule has 3 rings (SSSR count). The number of amidine groups is 1. The quantitative estimate of drug-likeness (QED) is 0.245. The van der Waals surface area contributed by atoms with Gasteiger partial charge in [0.2, 0.25) is 0 Å². The third-order valence-corrected chi connectivity index (χ3v) is 2.78. The Balaban J connectivity index is 2.43. The first-order valence-electron chi connectivity index (χ1n) is 5.47. The number of hydrogen-bond acceptors (Lipinski definition) is 5. The molecular formula is C11H10N6O2. The van der Waals surface area contributed by atoms with Crippen LogP contribution in [0.3, 0.4) is 0 Å². The molecule has 0 aliphatic carbocycles. The van der Waals surface area contributed by atoms with E-state index >= 15 is 0 Å². The van der Waals surface area contributed by atoms with Crippen LogP contribution in [0.1, 0.15) is 11.3 Å². The van der Waals surface area contributed by atoms with Crippen molar-refractivity contribution in [2.45, 2.75) is 6.92 Å². The maximum atomic E-state index is 11.8. The zero-order chi connectivity index (χ0) is 13.6. The topological polar surface area (TPSA) is 122 Å². The molecule has 2 aromatic heterocycles. The Kier molecular flexibility index (Phi) is 2.24. The molecule has 0 saturated heterocycles. The number of aryl methyl sites for hydroxylation is 1.